The van der Waals surface area contributed by atoms with Crippen LogP contribution in [0.2, 0.25) is 0 Å². The number of rotatable bonds is 6. The summed E-state index contributed by atoms with van der Waals surface area (Å²) >= 11 is 0. The van der Waals surface area contributed by atoms with Gasteiger partial charge in [-0.2, -0.15) is 0 Å². The first-order valence-electron chi connectivity index (χ1n) is 9.62. The highest BCUT2D eigenvalue weighted by atomic mass is 16.5. The van der Waals surface area contributed by atoms with Crippen molar-refractivity contribution in [2.45, 2.75) is 40.0 Å². The molecule has 0 fully saturated rings. The number of carbonyl (C=O) groups is 2. The summed E-state index contributed by atoms with van der Waals surface area (Å²) in [6.07, 6.45) is 2.38. The third kappa shape index (κ3) is 4.18. The van der Waals surface area contributed by atoms with Crippen LogP contribution in [0.5, 0.6) is 0 Å². The second-order valence-corrected chi connectivity index (χ2v) is 7.34. The molecule has 0 aliphatic carbocycles. The van der Waals surface area contributed by atoms with Gasteiger partial charge in [-0.05, 0) is 51.5 Å². The fourth-order valence-corrected chi connectivity index (χ4v) is 3.98. The molecule has 7 heteroatoms. The molecule has 3 rings (SSSR count). The number of methoxy groups -OCH3 is 1. The van der Waals surface area contributed by atoms with Gasteiger partial charge in [-0.3, -0.25) is 9.79 Å². The minimum Gasteiger partial charge on any atom is -0.468 e. The zero-order chi connectivity index (χ0) is 21.1. The Hall–Kier alpha value is -3.09. The van der Waals surface area contributed by atoms with Crippen LogP contribution in [0, 0.1) is 19.8 Å². The summed E-state index contributed by atoms with van der Waals surface area (Å²) in [6, 6.07) is 5.74. The van der Waals surface area contributed by atoms with Crippen molar-refractivity contribution in [2.24, 2.45) is 10.9 Å². The van der Waals surface area contributed by atoms with Crippen LogP contribution in [-0.2, 0) is 25.5 Å². The highest BCUT2D eigenvalue weighted by Gasteiger charge is 2.42. The third-order valence-corrected chi connectivity index (χ3v) is 5.32. The maximum Gasteiger partial charge on any atom is 0.336 e. The van der Waals surface area contributed by atoms with Crippen LogP contribution >= 0.6 is 0 Å². The third-order valence-electron chi connectivity index (χ3n) is 5.32. The van der Waals surface area contributed by atoms with E-state index in [1.54, 1.807) is 20.0 Å². The number of nitrogens with zero attached hydrogens (tertiary/aromatic N) is 1. The summed E-state index contributed by atoms with van der Waals surface area (Å²) in [5, 5.41) is 0. The van der Waals surface area contributed by atoms with Crippen molar-refractivity contribution in [3.05, 3.63) is 58.3 Å². The Bertz CT molecular complexity index is 966. The number of ether oxygens (including phenoxy) is 2. The van der Waals surface area contributed by atoms with Gasteiger partial charge in [0.1, 0.15) is 5.92 Å². The molecule has 0 aromatic carbocycles. The smallest absolute Gasteiger partial charge is 0.336 e. The van der Waals surface area contributed by atoms with E-state index in [-0.39, 0.29) is 6.61 Å². The molecule has 2 aromatic rings. The van der Waals surface area contributed by atoms with E-state index in [4.69, 9.17) is 9.47 Å². The number of esters is 2. The first-order chi connectivity index (χ1) is 13.8. The quantitative estimate of drug-likeness (QED) is 0.731. The molecule has 1 aliphatic rings. The monoisotopic (exact) mass is 397 g/mol. The zero-order valence-electron chi connectivity index (χ0n) is 17.5. The number of hydrogen-bond acceptors (Lipinski definition) is 5. The first kappa shape index (κ1) is 20.6. The maximum atomic E-state index is 13.0. The van der Waals surface area contributed by atoms with Gasteiger partial charge in [-0.25, -0.2) is 4.79 Å². The molecular formula is C22H27N3O4. The Balaban J connectivity index is 1.85. The summed E-state index contributed by atoms with van der Waals surface area (Å²) in [5.74, 6) is -2.10. The van der Waals surface area contributed by atoms with Gasteiger partial charge < -0.3 is 19.4 Å². The van der Waals surface area contributed by atoms with Crippen LogP contribution in [0.3, 0.4) is 0 Å². The largest absolute Gasteiger partial charge is 0.468 e. The highest BCUT2D eigenvalue weighted by Crippen LogP contribution is 2.39. The number of aromatic amines is 2. The molecule has 2 unspecified atom stereocenters. The highest BCUT2D eigenvalue weighted by molar-refractivity contribution is 6.06. The number of aromatic nitrogens is 2. The van der Waals surface area contributed by atoms with Crippen LogP contribution in [-0.4, -0.2) is 41.3 Å². The summed E-state index contributed by atoms with van der Waals surface area (Å²) in [6.45, 7) is 7.78. The molecule has 29 heavy (non-hydrogen) atoms. The predicted octanol–water partition coefficient (Wildman–Crippen LogP) is 3.37. The Morgan fingerprint density at radius 2 is 1.97 bits per heavy atom. The molecule has 3 heterocycles. The molecule has 1 aliphatic heterocycles. The summed E-state index contributed by atoms with van der Waals surface area (Å²) < 4.78 is 10.6. The van der Waals surface area contributed by atoms with E-state index in [2.05, 4.69) is 21.0 Å². The van der Waals surface area contributed by atoms with Crippen molar-refractivity contribution < 1.29 is 19.1 Å². The van der Waals surface area contributed by atoms with Crippen molar-refractivity contribution in [3.63, 3.8) is 0 Å². The molecular weight excluding hydrogens is 370 g/mol. The van der Waals surface area contributed by atoms with Gasteiger partial charge in [0, 0.05) is 41.1 Å². The standard InChI is InChI=1S/C22H27N3O4/c1-12-11-16(13(2)24-12)8-10-29-22(27)19-15(4)25-14(3)18(21(26)28-5)20(19)17-7-6-9-23-17/h6-7,9,11,18,20,23-24H,8,10H2,1-5H3. The summed E-state index contributed by atoms with van der Waals surface area (Å²) in [5.41, 5.74) is 5.57. The minimum absolute atomic E-state index is 0.247. The topological polar surface area (TPSA) is 96.5 Å². The molecule has 0 saturated carbocycles. The molecule has 0 saturated heterocycles. The van der Waals surface area contributed by atoms with Crippen molar-refractivity contribution in [1.82, 2.24) is 9.97 Å². The molecule has 2 aromatic heterocycles. The summed E-state index contributed by atoms with van der Waals surface area (Å²) in [4.78, 5) is 36.4. The van der Waals surface area contributed by atoms with Gasteiger partial charge in [0.15, 0.2) is 0 Å². The number of aliphatic imine (C=N–C) groups is 1. The van der Waals surface area contributed by atoms with Crippen molar-refractivity contribution in [2.75, 3.05) is 13.7 Å². The van der Waals surface area contributed by atoms with Crippen molar-refractivity contribution in [1.29, 1.82) is 0 Å². The normalized spacial score (nSPS) is 19.1. The lowest BCUT2D eigenvalue weighted by Crippen LogP contribution is -2.36. The number of H-pyrrole nitrogens is 2. The van der Waals surface area contributed by atoms with E-state index in [1.807, 2.05) is 26.0 Å². The lowest BCUT2D eigenvalue weighted by atomic mass is 9.78. The van der Waals surface area contributed by atoms with Crippen LogP contribution in [0.4, 0.5) is 0 Å². The van der Waals surface area contributed by atoms with Crippen molar-refractivity contribution >= 4 is 17.7 Å². The van der Waals surface area contributed by atoms with Crippen LogP contribution in [0.1, 0.15) is 42.4 Å². The number of hydrogen-bond donors (Lipinski definition) is 2. The number of allylic oxidation sites excluding steroid dienone is 1. The Kier molecular flexibility index (Phi) is 6.06. The molecule has 0 spiro atoms. The average Bonchev–Trinajstić information content (AvgIpc) is 3.30. The van der Waals surface area contributed by atoms with Gasteiger partial charge in [-0.15, -0.1) is 0 Å². The average molecular weight is 397 g/mol. The SMILES string of the molecule is COC(=O)C1C(C)=NC(C)=C(C(=O)OCCc2cc(C)[nH]c2C)C1c1ccc[nH]1. The molecule has 0 bridgehead atoms. The number of aryl methyl sites for hydroxylation is 2. The molecule has 2 atom stereocenters. The maximum absolute atomic E-state index is 13.0. The minimum atomic E-state index is -0.681. The zero-order valence-corrected chi connectivity index (χ0v) is 17.5. The molecule has 0 radical (unpaired) electrons. The Morgan fingerprint density at radius 1 is 1.21 bits per heavy atom. The van der Waals surface area contributed by atoms with Crippen LogP contribution in [0.15, 0.2) is 40.7 Å². The molecule has 0 amide bonds. The second-order valence-electron chi connectivity index (χ2n) is 7.34. The fraction of sp³-hybridized carbons (Fsp3) is 0.409. The first-order valence-corrected chi connectivity index (χ1v) is 9.62. The molecule has 7 nitrogen and oxygen atoms in total. The van der Waals surface area contributed by atoms with E-state index in [9.17, 15) is 9.59 Å². The summed E-state index contributed by atoms with van der Waals surface area (Å²) in [7, 11) is 1.34. The number of nitrogens with one attached hydrogen (secondary N) is 2. The van der Waals surface area contributed by atoms with Gasteiger partial charge >= 0.3 is 11.9 Å². The fourth-order valence-electron chi connectivity index (χ4n) is 3.98. The Morgan fingerprint density at radius 3 is 2.55 bits per heavy atom. The van der Waals surface area contributed by atoms with Crippen molar-refractivity contribution in [3.8, 4) is 0 Å². The molecule has 154 valence electrons. The van der Waals surface area contributed by atoms with Crippen LogP contribution in [0.25, 0.3) is 0 Å². The van der Waals surface area contributed by atoms with E-state index in [0.717, 1.165) is 22.6 Å². The lowest BCUT2D eigenvalue weighted by molar-refractivity contribution is -0.144. The molecule has 2 N–H and O–H groups in total. The predicted molar refractivity (Wildman–Crippen MR) is 110 cm³/mol. The second kappa shape index (κ2) is 8.51. The van der Waals surface area contributed by atoms with Gasteiger partial charge in [0.25, 0.3) is 0 Å². The van der Waals surface area contributed by atoms with E-state index in [1.165, 1.54) is 7.11 Å². The lowest BCUT2D eigenvalue weighted by Gasteiger charge is -2.30. The van der Waals surface area contributed by atoms with Gasteiger partial charge in [0.05, 0.1) is 25.2 Å². The van der Waals surface area contributed by atoms with E-state index >= 15 is 0 Å². The van der Waals surface area contributed by atoms with Crippen LogP contribution < -0.4 is 0 Å². The number of carbonyl (C=O) groups excluding carboxylic acids is 2. The van der Waals surface area contributed by atoms with E-state index in [0.29, 0.717) is 23.4 Å². The van der Waals surface area contributed by atoms with Gasteiger partial charge in [0.2, 0.25) is 0 Å². The van der Waals surface area contributed by atoms with E-state index < -0.39 is 23.8 Å². The Labute approximate surface area is 170 Å². The van der Waals surface area contributed by atoms with Gasteiger partial charge in [-0.1, -0.05) is 0 Å².